The van der Waals surface area contributed by atoms with Crippen molar-refractivity contribution in [3.05, 3.63) is 0 Å². The van der Waals surface area contributed by atoms with Crippen molar-refractivity contribution in [3.63, 3.8) is 0 Å². The average molecular weight is 165 g/mol. The van der Waals surface area contributed by atoms with Crippen molar-refractivity contribution in [1.29, 1.82) is 0 Å². The van der Waals surface area contributed by atoms with Crippen LogP contribution in [0.4, 0.5) is 0 Å². The molecule has 0 aliphatic heterocycles. The van der Waals surface area contributed by atoms with Crippen LogP contribution in [0.5, 0.6) is 0 Å². The molecule has 0 atom stereocenters. The molecule has 0 aromatic heterocycles. The highest BCUT2D eigenvalue weighted by Gasteiger charge is 1.99. The second kappa shape index (κ2) is 6.85. The van der Waals surface area contributed by atoms with Gasteiger partial charge >= 0.3 is 5.97 Å². The molecular formula is C5H11NO3S. The zero-order valence-electron chi connectivity index (χ0n) is 5.79. The van der Waals surface area contributed by atoms with Crippen molar-refractivity contribution in [2.24, 2.45) is 0 Å². The number of ether oxygens (including phenoxy) is 1. The molecule has 0 amide bonds. The van der Waals surface area contributed by atoms with Crippen LogP contribution in [0.3, 0.4) is 0 Å². The lowest BCUT2D eigenvalue weighted by atomic mass is 10.3. The van der Waals surface area contributed by atoms with Gasteiger partial charge in [-0.25, -0.2) is 0 Å². The molecule has 4 nitrogen and oxygen atoms in total. The zero-order chi connectivity index (χ0) is 7.82. The van der Waals surface area contributed by atoms with Gasteiger partial charge in [-0.3, -0.25) is 4.79 Å². The third kappa shape index (κ3) is 5.87. The molecule has 0 saturated heterocycles. The molecule has 0 aliphatic carbocycles. The topological polar surface area (TPSA) is 47.6 Å². The maximum absolute atomic E-state index is 10.5. The highest BCUT2D eigenvalue weighted by Crippen LogP contribution is 1.91. The normalized spacial score (nSPS) is 9.40. The minimum Gasteiger partial charge on any atom is -0.385 e. The first-order chi connectivity index (χ1) is 4.81. The summed E-state index contributed by atoms with van der Waals surface area (Å²) < 4.78 is 4.72. The Labute approximate surface area is 65.4 Å². The van der Waals surface area contributed by atoms with Gasteiger partial charge in [-0.1, -0.05) is 17.7 Å². The van der Waals surface area contributed by atoms with Crippen LogP contribution in [-0.2, 0) is 14.4 Å². The van der Waals surface area contributed by atoms with E-state index in [0.717, 1.165) is 0 Å². The SMILES string of the molecule is COCCCC(=O)ONS. The minimum absolute atomic E-state index is 0.327. The predicted molar refractivity (Wildman–Crippen MR) is 39.3 cm³/mol. The van der Waals surface area contributed by atoms with Crippen LogP contribution in [0.2, 0.25) is 0 Å². The van der Waals surface area contributed by atoms with Crippen molar-refractivity contribution in [2.75, 3.05) is 13.7 Å². The third-order valence-electron chi connectivity index (χ3n) is 0.889. The largest absolute Gasteiger partial charge is 0.385 e. The highest BCUT2D eigenvalue weighted by atomic mass is 32.1. The van der Waals surface area contributed by atoms with Gasteiger partial charge in [-0.2, -0.15) is 0 Å². The molecule has 0 fully saturated rings. The maximum Gasteiger partial charge on any atom is 0.326 e. The van der Waals surface area contributed by atoms with Crippen LogP contribution < -0.4 is 4.89 Å². The number of thiol groups is 1. The van der Waals surface area contributed by atoms with Gasteiger partial charge in [-0.15, -0.1) is 0 Å². The minimum atomic E-state index is -0.327. The monoisotopic (exact) mass is 165 g/mol. The first-order valence-corrected chi connectivity index (χ1v) is 3.33. The summed E-state index contributed by atoms with van der Waals surface area (Å²) in [5, 5.41) is 0. The second-order valence-electron chi connectivity index (χ2n) is 1.66. The van der Waals surface area contributed by atoms with Crippen LogP contribution in [0.1, 0.15) is 12.8 Å². The average Bonchev–Trinajstić information content (AvgIpc) is 1.89. The lowest BCUT2D eigenvalue weighted by molar-refractivity contribution is -0.146. The van der Waals surface area contributed by atoms with Crippen molar-refractivity contribution < 1.29 is 14.4 Å². The Morgan fingerprint density at radius 1 is 1.70 bits per heavy atom. The van der Waals surface area contributed by atoms with Gasteiger partial charge in [0.2, 0.25) is 0 Å². The van der Waals surface area contributed by atoms with Crippen LogP contribution in [0.15, 0.2) is 0 Å². The van der Waals surface area contributed by atoms with E-state index in [-0.39, 0.29) is 5.97 Å². The maximum atomic E-state index is 10.5. The Morgan fingerprint density at radius 2 is 2.40 bits per heavy atom. The van der Waals surface area contributed by atoms with Gasteiger partial charge in [0.25, 0.3) is 0 Å². The molecule has 0 aliphatic rings. The lowest BCUT2D eigenvalue weighted by Crippen LogP contribution is -2.11. The van der Waals surface area contributed by atoms with E-state index in [1.807, 2.05) is 4.89 Å². The number of carbonyl (C=O) groups is 1. The lowest BCUT2D eigenvalue weighted by Gasteiger charge is -1.98. The second-order valence-corrected chi connectivity index (χ2v) is 1.84. The number of carbonyl (C=O) groups excluding carboxylic acids is 1. The summed E-state index contributed by atoms with van der Waals surface area (Å²) in [6.45, 7) is 0.571. The van der Waals surface area contributed by atoms with Crippen LogP contribution in [0.25, 0.3) is 0 Å². The first kappa shape index (κ1) is 9.74. The van der Waals surface area contributed by atoms with Crippen molar-refractivity contribution >= 4 is 18.8 Å². The summed E-state index contributed by atoms with van der Waals surface area (Å²) in [7, 11) is 1.59. The Hall–Kier alpha value is -0.260. The van der Waals surface area contributed by atoms with E-state index >= 15 is 0 Å². The molecular weight excluding hydrogens is 154 g/mol. The Bertz CT molecular complexity index is 98.9. The van der Waals surface area contributed by atoms with Crippen LogP contribution >= 0.6 is 12.8 Å². The Kier molecular flexibility index (Phi) is 6.68. The van der Waals surface area contributed by atoms with Gasteiger partial charge in [-0.05, 0) is 6.42 Å². The van der Waals surface area contributed by atoms with Gasteiger partial charge in [0.1, 0.15) is 0 Å². The predicted octanol–water partition coefficient (Wildman–Crippen LogP) is 0.306. The van der Waals surface area contributed by atoms with E-state index in [4.69, 9.17) is 4.74 Å². The van der Waals surface area contributed by atoms with Crippen molar-refractivity contribution in [1.82, 2.24) is 4.89 Å². The molecule has 0 aromatic carbocycles. The summed E-state index contributed by atoms with van der Waals surface area (Å²) in [6.07, 6.45) is 1.02. The zero-order valence-corrected chi connectivity index (χ0v) is 6.69. The molecule has 0 bridgehead atoms. The van der Waals surface area contributed by atoms with Gasteiger partial charge in [0.05, 0.1) is 0 Å². The van der Waals surface area contributed by atoms with Crippen molar-refractivity contribution in [3.8, 4) is 0 Å². The van der Waals surface area contributed by atoms with E-state index < -0.39 is 0 Å². The molecule has 60 valence electrons. The fourth-order valence-electron chi connectivity index (χ4n) is 0.463. The summed E-state index contributed by atoms with van der Waals surface area (Å²) in [5.74, 6) is -0.327. The number of methoxy groups -OCH3 is 1. The van der Waals surface area contributed by atoms with E-state index in [9.17, 15) is 4.79 Å². The number of hydrogen-bond donors (Lipinski definition) is 2. The van der Waals surface area contributed by atoms with E-state index in [0.29, 0.717) is 19.4 Å². The summed E-state index contributed by atoms with van der Waals surface area (Å²) >= 11 is 3.48. The standard InChI is InChI=1S/C5H11NO3S/c1-8-4-2-3-5(7)9-6-10/h6,10H,2-4H2,1H3. The third-order valence-corrected chi connectivity index (χ3v) is 0.980. The fourth-order valence-corrected chi connectivity index (χ4v) is 0.565. The fraction of sp³-hybridized carbons (Fsp3) is 0.800. The van der Waals surface area contributed by atoms with Crippen LogP contribution in [0, 0.1) is 0 Å². The molecule has 0 radical (unpaired) electrons. The molecule has 5 heteroatoms. The summed E-state index contributed by atoms with van der Waals surface area (Å²) in [6, 6.07) is 0. The number of hydrogen-bond acceptors (Lipinski definition) is 5. The van der Waals surface area contributed by atoms with E-state index in [1.165, 1.54) is 0 Å². The molecule has 0 unspecified atom stereocenters. The van der Waals surface area contributed by atoms with E-state index in [2.05, 4.69) is 17.7 Å². The molecule has 0 heterocycles. The molecule has 0 saturated carbocycles. The van der Waals surface area contributed by atoms with Crippen molar-refractivity contribution in [2.45, 2.75) is 12.8 Å². The van der Waals surface area contributed by atoms with Gasteiger partial charge in [0, 0.05) is 20.1 Å². The number of nitrogens with one attached hydrogen (secondary N) is 1. The summed E-state index contributed by atoms with van der Waals surface area (Å²) in [4.78, 5) is 16.8. The van der Waals surface area contributed by atoms with E-state index in [1.54, 1.807) is 7.11 Å². The van der Waals surface area contributed by atoms with Gasteiger partial charge in [0.15, 0.2) is 0 Å². The molecule has 1 N–H and O–H groups in total. The smallest absolute Gasteiger partial charge is 0.326 e. The number of rotatable bonds is 5. The quantitative estimate of drug-likeness (QED) is 0.349. The van der Waals surface area contributed by atoms with Gasteiger partial charge < -0.3 is 9.57 Å². The van der Waals surface area contributed by atoms with Crippen LogP contribution in [-0.4, -0.2) is 19.7 Å². The molecule has 0 aromatic rings. The highest BCUT2D eigenvalue weighted by molar-refractivity contribution is 7.77. The molecule has 10 heavy (non-hydrogen) atoms. The molecule has 0 rings (SSSR count). The Morgan fingerprint density at radius 3 is 2.90 bits per heavy atom. The first-order valence-electron chi connectivity index (χ1n) is 2.89. The summed E-state index contributed by atoms with van der Waals surface area (Å²) in [5.41, 5.74) is 0. The molecule has 0 spiro atoms. The Balaban J connectivity index is 3.05.